The lowest BCUT2D eigenvalue weighted by Gasteiger charge is -2.32. The molecule has 0 bridgehead atoms. The van der Waals surface area contributed by atoms with Crippen molar-refractivity contribution in [1.82, 2.24) is 10.2 Å². The second-order valence-corrected chi connectivity index (χ2v) is 12.3. The van der Waals surface area contributed by atoms with Gasteiger partial charge in [-0.1, -0.05) is 29.3 Å². The molecule has 11 heteroatoms. The zero-order chi connectivity index (χ0) is 27.3. The van der Waals surface area contributed by atoms with Gasteiger partial charge >= 0.3 is 0 Å². The van der Waals surface area contributed by atoms with Crippen LogP contribution in [0.4, 0.5) is 10.1 Å². The van der Waals surface area contributed by atoms with Gasteiger partial charge in [-0.25, -0.2) is 12.8 Å². The fourth-order valence-electron chi connectivity index (χ4n) is 3.50. The largest absolute Gasteiger partial charge is 0.350 e. The SMILES string of the molecule is C[C@H](C(=O)NC(C)(C)C)N(Cc1ccc(Cl)cc1Cl)C(=O)CCCN(c1ccc(F)cc1)S(C)(=O)=O. The van der Waals surface area contributed by atoms with Gasteiger partial charge in [0.2, 0.25) is 21.8 Å². The predicted octanol–water partition coefficient (Wildman–Crippen LogP) is 5.01. The Morgan fingerprint density at radius 1 is 1.08 bits per heavy atom. The van der Waals surface area contributed by atoms with Crippen molar-refractivity contribution in [3.63, 3.8) is 0 Å². The van der Waals surface area contributed by atoms with Gasteiger partial charge in [-0.3, -0.25) is 13.9 Å². The Bertz CT molecular complexity index is 1180. The number of benzene rings is 2. The minimum absolute atomic E-state index is 0.00825. The maximum absolute atomic E-state index is 13.3. The zero-order valence-corrected chi connectivity index (χ0v) is 23.3. The zero-order valence-electron chi connectivity index (χ0n) is 21.0. The quantitative estimate of drug-likeness (QED) is 0.443. The minimum atomic E-state index is -3.67. The Labute approximate surface area is 222 Å². The average Bonchev–Trinajstić information content (AvgIpc) is 2.74. The molecule has 0 unspecified atom stereocenters. The van der Waals surface area contributed by atoms with Crippen molar-refractivity contribution in [3.05, 3.63) is 63.9 Å². The number of halogens is 3. The molecule has 0 aliphatic heterocycles. The normalized spacial score (nSPS) is 12.7. The van der Waals surface area contributed by atoms with Crippen LogP contribution in [0.2, 0.25) is 10.0 Å². The fraction of sp³-hybridized carbons (Fsp3) is 0.440. The van der Waals surface area contributed by atoms with Gasteiger partial charge in [0.25, 0.3) is 0 Å². The lowest BCUT2D eigenvalue weighted by Crippen LogP contribution is -2.52. The monoisotopic (exact) mass is 559 g/mol. The molecule has 198 valence electrons. The van der Waals surface area contributed by atoms with E-state index in [1.54, 1.807) is 25.1 Å². The van der Waals surface area contributed by atoms with Gasteiger partial charge in [-0.05, 0) is 76.1 Å². The number of carbonyl (C=O) groups is 2. The molecule has 2 aromatic carbocycles. The highest BCUT2D eigenvalue weighted by atomic mass is 35.5. The van der Waals surface area contributed by atoms with E-state index in [9.17, 15) is 22.4 Å². The average molecular weight is 561 g/mol. The van der Waals surface area contributed by atoms with Crippen molar-refractivity contribution in [2.24, 2.45) is 0 Å². The molecule has 0 fully saturated rings. The first-order chi connectivity index (χ1) is 16.6. The molecule has 36 heavy (non-hydrogen) atoms. The highest BCUT2D eigenvalue weighted by Gasteiger charge is 2.29. The Morgan fingerprint density at radius 2 is 1.69 bits per heavy atom. The third-order valence-corrected chi connectivity index (χ3v) is 7.07. The highest BCUT2D eigenvalue weighted by molar-refractivity contribution is 7.92. The summed E-state index contributed by atoms with van der Waals surface area (Å²) in [5.41, 5.74) is 0.423. The van der Waals surface area contributed by atoms with E-state index in [1.165, 1.54) is 29.2 Å². The van der Waals surface area contributed by atoms with Gasteiger partial charge < -0.3 is 10.2 Å². The number of hydrogen-bond acceptors (Lipinski definition) is 4. The van der Waals surface area contributed by atoms with Crippen molar-refractivity contribution in [3.8, 4) is 0 Å². The van der Waals surface area contributed by atoms with E-state index in [0.29, 0.717) is 21.3 Å². The molecular weight excluding hydrogens is 528 g/mol. The molecule has 2 amide bonds. The molecule has 0 spiro atoms. The predicted molar refractivity (Wildman–Crippen MR) is 142 cm³/mol. The van der Waals surface area contributed by atoms with Crippen LogP contribution in [0, 0.1) is 5.82 Å². The van der Waals surface area contributed by atoms with Gasteiger partial charge in [0, 0.05) is 35.1 Å². The van der Waals surface area contributed by atoms with Crippen LogP contribution < -0.4 is 9.62 Å². The van der Waals surface area contributed by atoms with Gasteiger partial charge in [0.1, 0.15) is 11.9 Å². The van der Waals surface area contributed by atoms with Gasteiger partial charge in [0.15, 0.2) is 0 Å². The van der Waals surface area contributed by atoms with E-state index < -0.39 is 27.4 Å². The molecule has 2 aromatic rings. The molecule has 1 N–H and O–H groups in total. The summed E-state index contributed by atoms with van der Waals surface area (Å²) in [6.45, 7) is 7.24. The topological polar surface area (TPSA) is 86.8 Å². The molecule has 7 nitrogen and oxygen atoms in total. The van der Waals surface area contributed by atoms with E-state index in [-0.39, 0.29) is 37.7 Å². The summed E-state index contributed by atoms with van der Waals surface area (Å²) in [5.74, 6) is -1.16. The molecular formula is C25H32Cl2FN3O4S. The maximum Gasteiger partial charge on any atom is 0.242 e. The van der Waals surface area contributed by atoms with Crippen LogP contribution >= 0.6 is 23.2 Å². The third kappa shape index (κ3) is 8.94. The summed E-state index contributed by atoms with van der Waals surface area (Å²) in [6, 6.07) is 9.17. The molecule has 0 saturated carbocycles. The van der Waals surface area contributed by atoms with E-state index in [4.69, 9.17) is 23.2 Å². The van der Waals surface area contributed by atoms with Crippen molar-refractivity contribution in [2.75, 3.05) is 17.1 Å². The van der Waals surface area contributed by atoms with Crippen molar-refractivity contribution in [1.29, 1.82) is 0 Å². The van der Waals surface area contributed by atoms with Crippen molar-refractivity contribution >= 4 is 50.7 Å². The Hall–Kier alpha value is -2.36. The number of carbonyl (C=O) groups excluding carboxylic acids is 2. The Balaban J connectivity index is 2.22. The first kappa shape index (κ1) is 29.9. The summed E-state index contributed by atoms with van der Waals surface area (Å²) >= 11 is 12.3. The molecule has 1 atom stereocenters. The van der Waals surface area contributed by atoms with Crippen LogP contribution in [0.1, 0.15) is 46.1 Å². The summed E-state index contributed by atoms with van der Waals surface area (Å²) < 4.78 is 39.1. The van der Waals surface area contributed by atoms with E-state index >= 15 is 0 Å². The van der Waals surface area contributed by atoms with Gasteiger partial charge in [-0.15, -0.1) is 0 Å². The van der Waals surface area contributed by atoms with Crippen LogP contribution in [0.15, 0.2) is 42.5 Å². The van der Waals surface area contributed by atoms with E-state index in [2.05, 4.69) is 5.32 Å². The van der Waals surface area contributed by atoms with E-state index in [0.717, 1.165) is 10.6 Å². The molecule has 0 aliphatic rings. The van der Waals surface area contributed by atoms with Crippen LogP contribution in [-0.2, 0) is 26.2 Å². The molecule has 0 saturated heterocycles. The first-order valence-electron chi connectivity index (χ1n) is 11.4. The number of rotatable bonds is 10. The van der Waals surface area contributed by atoms with Crippen molar-refractivity contribution < 1.29 is 22.4 Å². The highest BCUT2D eigenvalue weighted by Crippen LogP contribution is 2.24. The summed E-state index contributed by atoms with van der Waals surface area (Å²) in [6.07, 6.45) is 1.21. The summed E-state index contributed by atoms with van der Waals surface area (Å²) in [5, 5.41) is 3.69. The summed E-state index contributed by atoms with van der Waals surface area (Å²) in [4.78, 5) is 27.6. The lowest BCUT2D eigenvalue weighted by atomic mass is 10.1. The second kappa shape index (κ2) is 12.3. The fourth-order valence-corrected chi connectivity index (χ4v) is 4.94. The number of anilines is 1. The number of sulfonamides is 1. The van der Waals surface area contributed by atoms with Crippen LogP contribution in [-0.4, -0.2) is 49.5 Å². The minimum Gasteiger partial charge on any atom is -0.350 e. The van der Waals surface area contributed by atoms with Gasteiger partial charge in [-0.2, -0.15) is 0 Å². The van der Waals surface area contributed by atoms with Crippen molar-refractivity contribution in [2.45, 2.75) is 58.7 Å². The standard InChI is InChI=1S/C25H32Cl2FN3O4S/c1-17(24(33)29-25(2,3)4)30(16-18-8-9-19(26)15-22(18)27)23(32)7-6-14-31(36(5,34)35)21-12-10-20(28)11-13-21/h8-13,15,17H,6-7,14,16H2,1-5H3,(H,29,33)/t17-/m1/s1. The number of amides is 2. The molecule has 2 rings (SSSR count). The number of nitrogens with one attached hydrogen (secondary N) is 1. The first-order valence-corrected chi connectivity index (χ1v) is 14.0. The van der Waals surface area contributed by atoms with Crippen LogP contribution in [0.25, 0.3) is 0 Å². The molecule has 0 aliphatic carbocycles. The van der Waals surface area contributed by atoms with E-state index in [1.807, 2.05) is 20.8 Å². The van der Waals surface area contributed by atoms with Crippen LogP contribution in [0.3, 0.4) is 0 Å². The lowest BCUT2D eigenvalue weighted by molar-refractivity contribution is -0.141. The smallest absolute Gasteiger partial charge is 0.242 e. The number of nitrogens with zero attached hydrogens (tertiary/aromatic N) is 2. The molecule has 0 aromatic heterocycles. The van der Waals surface area contributed by atoms with Gasteiger partial charge in [0.05, 0.1) is 11.9 Å². The third-order valence-electron chi connectivity index (χ3n) is 5.29. The number of hydrogen-bond donors (Lipinski definition) is 1. The molecule has 0 radical (unpaired) electrons. The maximum atomic E-state index is 13.3. The molecule has 0 heterocycles. The Kier molecular flexibility index (Phi) is 10.2. The second-order valence-electron chi connectivity index (χ2n) is 9.59. The summed E-state index contributed by atoms with van der Waals surface area (Å²) in [7, 11) is -3.67. The Morgan fingerprint density at radius 3 is 2.22 bits per heavy atom. The van der Waals surface area contributed by atoms with Crippen LogP contribution in [0.5, 0.6) is 0 Å².